The third kappa shape index (κ3) is 5.73. The van der Waals surface area contributed by atoms with Crippen molar-refractivity contribution in [1.29, 1.82) is 0 Å². The second kappa shape index (κ2) is 13.7. The minimum absolute atomic E-state index is 0. The Morgan fingerprint density at radius 1 is 0.491 bits per heavy atom. The largest absolute Gasteiger partial charge is 2.00 e. The predicted molar refractivity (Wildman–Crippen MR) is 211 cm³/mol. The summed E-state index contributed by atoms with van der Waals surface area (Å²) in [5, 5.41) is 0. The maximum Gasteiger partial charge on any atom is 2.00 e. The molecule has 0 bridgehead atoms. The average molecular weight is 860 g/mol. The summed E-state index contributed by atoms with van der Waals surface area (Å²) in [7, 11) is 0. The molecular formula is C46H29BN4OPt. The number of rotatable bonds is 6. The first-order valence-corrected chi connectivity index (χ1v) is 17.4. The van der Waals surface area contributed by atoms with Crippen LogP contribution in [0.1, 0.15) is 0 Å². The van der Waals surface area contributed by atoms with Crippen molar-refractivity contribution in [3.05, 3.63) is 188 Å². The number of para-hydroxylation sites is 2. The zero-order valence-corrected chi connectivity index (χ0v) is 30.6. The smallest absolute Gasteiger partial charge is 0.466 e. The van der Waals surface area contributed by atoms with Crippen molar-refractivity contribution in [1.82, 2.24) is 9.97 Å². The molecule has 7 heteroatoms. The van der Waals surface area contributed by atoms with Crippen molar-refractivity contribution in [2.45, 2.75) is 0 Å². The molecule has 252 valence electrons. The summed E-state index contributed by atoms with van der Waals surface area (Å²) >= 11 is 0. The minimum Gasteiger partial charge on any atom is -0.466 e. The van der Waals surface area contributed by atoms with Gasteiger partial charge in [0, 0.05) is 47.0 Å². The van der Waals surface area contributed by atoms with Crippen molar-refractivity contribution in [3.8, 4) is 34.0 Å². The average Bonchev–Trinajstić information content (AvgIpc) is 3.22. The van der Waals surface area contributed by atoms with Crippen LogP contribution in [0.15, 0.2) is 176 Å². The number of ether oxygens (including phenoxy) is 1. The van der Waals surface area contributed by atoms with Crippen molar-refractivity contribution < 1.29 is 25.8 Å². The first kappa shape index (κ1) is 32.7. The topological polar surface area (TPSA) is 41.5 Å². The number of anilines is 6. The maximum absolute atomic E-state index is 6.33. The van der Waals surface area contributed by atoms with Gasteiger partial charge < -0.3 is 19.5 Å². The first-order valence-electron chi connectivity index (χ1n) is 17.4. The second-order valence-electron chi connectivity index (χ2n) is 12.8. The van der Waals surface area contributed by atoms with Crippen molar-refractivity contribution in [2.75, 3.05) is 9.80 Å². The number of aromatic nitrogens is 2. The molecule has 0 atom stereocenters. The second-order valence-corrected chi connectivity index (χ2v) is 12.8. The summed E-state index contributed by atoms with van der Waals surface area (Å²) < 4.78 is 6.33. The van der Waals surface area contributed by atoms with Crippen LogP contribution >= 0.6 is 0 Å². The van der Waals surface area contributed by atoms with Crippen LogP contribution in [0, 0.1) is 12.1 Å². The van der Waals surface area contributed by atoms with Crippen molar-refractivity contribution in [3.63, 3.8) is 0 Å². The third-order valence-corrected chi connectivity index (χ3v) is 9.79. The molecule has 5 nitrogen and oxygen atoms in total. The van der Waals surface area contributed by atoms with Crippen LogP contribution in [0.2, 0.25) is 0 Å². The number of hydrogen-bond acceptors (Lipinski definition) is 5. The quantitative estimate of drug-likeness (QED) is 0.123. The molecule has 53 heavy (non-hydrogen) atoms. The Labute approximate surface area is 323 Å². The summed E-state index contributed by atoms with van der Waals surface area (Å²) in [5.74, 6) is 1.12. The molecular weight excluding hydrogens is 830 g/mol. The van der Waals surface area contributed by atoms with Crippen LogP contribution in [0.3, 0.4) is 0 Å². The molecule has 0 spiro atoms. The zero-order chi connectivity index (χ0) is 34.4. The van der Waals surface area contributed by atoms with E-state index in [1.807, 2.05) is 36.5 Å². The van der Waals surface area contributed by atoms with Gasteiger partial charge in [0.05, 0.1) is 0 Å². The predicted octanol–water partition coefficient (Wildman–Crippen LogP) is 9.28. The summed E-state index contributed by atoms with van der Waals surface area (Å²) in [6.45, 7) is -0.194. The zero-order valence-electron chi connectivity index (χ0n) is 28.3. The van der Waals surface area contributed by atoms with Crippen LogP contribution in [0.4, 0.5) is 34.1 Å². The molecule has 2 aromatic heterocycles. The Balaban J connectivity index is 0.00000372. The van der Waals surface area contributed by atoms with Gasteiger partial charge in [-0.3, -0.25) is 0 Å². The molecule has 0 N–H and O–H groups in total. The molecule has 10 rings (SSSR count). The van der Waals surface area contributed by atoms with Gasteiger partial charge in [0.25, 0.3) is 0 Å². The van der Waals surface area contributed by atoms with Gasteiger partial charge in [0.2, 0.25) is 12.6 Å². The van der Waals surface area contributed by atoms with Gasteiger partial charge in [-0.1, -0.05) is 90.6 Å². The van der Waals surface area contributed by atoms with Gasteiger partial charge in [-0.05, 0) is 76.5 Å². The van der Waals surface area contributed by atoms with E-state index < -0.39 is 0 Å². The van der Waals surface area contributed by atoms with Gasteiger partial charge in [0.15, 0.2) is 0 Å². The van der Waals surface area contributed by atoms with Crippen LogP contribution in [0.25, 0.3) is 22.4 Å². The monoisotopic (exact) mass is 859 g/mol. The van der Waals surface area contributed by atoms with Crippen molar-refractivity contribution in [2.24, 2.45) is 0 Å². The van der Waals surface area contributed by atoms with Crippen LogP contribution < -0.4 is 30.9 Å². The molecule has 8 aromatic rings. The van der Waals surface area contributed by atoms with Gasteiger partial charge in [-0.25, -0.2) is 4.98 Å². The van der Waals surface area contributed by atoms with E-state index in [0.29, 0.717) is 11.6 Å². The number of fused-ring (bicyclic) bond motifs is 4. The van der Waals surface area contributed by atoms with Crippen LogP contribution in [-0.4, -0.2) is 16.7 Å². The van der Waals surface area contributed by atoms with Crippen molar-refractivity contribution >= 4 is 57.2 Å². The normalized spacial score (nSPS) is 12.3. The molecule has 0 aliphatic carbocycles. The van der Waals surface area contributed by atoms with E-state index in [9.17, 15) is 0 Å². The molecule has 0 saturated heterocycles. The van der Waals surface area contributed by atoms with Crippen LogP contribution in [-0.2, 0) is 21.1 Å². The van der Waals surface area contributed by atoms with E-state index in [0.717, 1.165) is 67.4 Å². The number of hydrogen-bond donors (Lipinski definition) is 0. The standard InChI is InChI=1S/C46H29BN4O.Pt/c1-4-13-32(14-5-1)33-26-28-48-40(30-33)34-22-24-41-38(29-34)47-39-31-37(52-45-21-10-11-27-49-45)23-25-42(39)51(36-17-8-3-9-18-36)44-20-12-19-43(46(44)47)50(41)35-15-6-2-7-16-35;/h1-28,30H;/q-2;+2. The van der Waals surface area contributed by atoms with Gasteiger partial charge in [0.1, 0.15) is 0 Å². The maximum atomic E-state index is 6.33. The molecule has 2 aliphatic heterocycles. The molecule has 0 fully saturated rings. The van der Waals surface area contributed by atoms with E-state index in [1.165, 1.54) is 5.46 Å². The number of benzene rings is 6. The Kier molecular flexibility index (Phi) is 8.46. The summed E-state index contributed by atoms with van der Waals surface area (Å²) in [6, 6.07) is 64.2. The summed E-state index contributed by atoms with van der Waals surface area (Å²) in [6.07, 6.45) is 3.62. The summed E-state index contributed by atoms with van der Waals surface area (Å²) in [5.41, 5.74) is 13.8. The molecule has 0 saturated carbocycles. The summed E-state index contributed by atoms with van der Waals surface area (Å²) in [4.78, 5) is 14.0. The van der Waals surface area contributed by atoms with Crippen LogP contribution in [0.5, 0.6) is 11.6 Å². The molecule has 4 heterocycles. The van der Waals surface area contributed by atoms with E-state index in [4.69, 9.17) is 9.72 Å². The molecule has 6 aromatic carbocycles. The number of pyridine rings is 2. The van der Waals surface area contributed by atoms with Gasteiger partial charge in [-0.2, -0.15) is 5.46 Å². The molecule has 0 unspecified atom stereocenters. The Morgan fingerprint density at radius 2 is 1.11 bits per heavy atom. The third-order valence-electron chi connectivity index (χ3n) is 9.79. The first-order chi connectivity index (χ1) is 25.8. The Bertz CT molecular complexity index is 2560. The fourth-order valence-electron chi connectivity index (χ4n) is 7.56. The fourth-order valence-corrected chi connectivity index (χ4v) is 7.56. The van der Waals surface area contributed by atoms with E-state index in [-0.39, 0.29) is 27.8 Å². The van der Waals surface area contributed by atoms with Gasteiger partial charge >= 0.3 is 21.1 Å². The molecule has 0 radical (unpaired) electrons. The van der Waals surface area contributed by atoms with Gasteiger partial charge in [-0.15, -0.1) is 47.4 Å². The molecule has 0 amide bonds. The van der Waals surface area contributed by atoms with E-state index >= 15 is 0 Å². The fraction of sp³-hybridized carbons (Fsp3) is 0. The molecule has 2 aliphatic rings. The Hall–Kier alpha value is -6.23. The Morgan fingerprint density at radius 3 is 1.77 bits per heavy atom. The minimum atomic E-state index is -0.194. The van der Waals surface area contributed by atoms with E-state index in [2.05, 4.69) is 160 Å². The van der Waals surface area contributed by atoms with E-state index in [1.54, 1.807) is 6.20 Å². The number of nitrogens with zero attached hydrogens (tertiary/aromatic N) is 4. The SMILES string of the molecule is [Pt+2].[c-]1c(Oc2ccccn2)ccc2c1B1c3[c-]c(-c4cc(-c5ccccc5)ccn4)ccc3N(c3ccccc3)c3cccc(c31)N2c1ccccc1.